The lowest BCUT2D eigenvalue weighted by molar-refractivity contribution is -0.136. The number of halogens is 1. The summed E-state index contributed by atoms with van der Waals surface area (Å²) in [4.78, 5) is 14.2. The lowest BCUT2D eigenvalue weighted by atomic mass is 10.2. The number of carboxylic acids is 1. The van der Waals surface area contributed by atoms with Gasteiger partial charge in [0.1, 0.15) is 18.0 Å². The Balaban J connectivity index is 2.32. The van der Waals surface area contributed by atoms with E-state index in [-0.39, 0.29) is 23.6 Å². The molecule has 0 radical (unpaired) electrons. The zero-order chi connectivity index (χ0) is 11.5. The maximum absolute atomic E-state index is 13.3. The average Bonchev–Trinajstić information content (AvgIpc) is 2.66. The molecule has 1 aromatic heterocycles. The summed E-state index contributed by atoms with van der Waals surface area (Å²) >= 11 is 0. The summed E-state index contributed by atoms with van der Waals surface area (Å²) in [5.74, 6) is -1.18. The smallest absolute Gasteiger partial charge is 0.311 e. The number of nitrogens with zero attached hydrogens (tertiary/aromatic N) is 1. The minimum Gasteiger partial charge on any atom is -0.481 e. The van der Waals surface area contributed by atoms with Crippen molar-refractivity contribution in [1.29, 1.82) is 0 Å². The molecular formula is C11H8FNO3. The monoisotopic (exact) mass is 221 g/mol. The van der Waals surface area contributed by atoms with Crippen LogP contribution in [0.25, 0.3) is 11.5 Å². The van der Waals surface area contributed by atoms with Crippen molar-refractivity contribution in [2.45, 2.75) is 6.42 Å². The molecule has 2 rings (SSSR count). The van der Waals surface area contributed by atoms with Crippen LogP contribution in [-0.4, -0.2) is 16.1 Å². The van der Waals surface area contributed by atoms with E-state index in [1.807, 2.05) is 0 Å². The minimum absolute atomic E-state index is 0.0920. The number of hydrogen-bond donors (Lipinski definition) is 1. The van der Waals surface area contributed by atoms with Crippen LogP contribution in [0.1, 0.15) is 5.76 Å². The van der Waals surface area contributed by atoms with Crippen LogP contribution >= 0.6 is 0 Å². The number of oxazole rings is 1. The molecule has 0 aliphatic rings. The second-order valence-corrected chi connectivity index (χ2v) is 3.18. The third kappa shape index (κ3) is 2.08. The van der Waals surface area contributed by atoms with Gasteiger partial charge in [-0.25, -0.2) is 9.37 Å². The highest BCUT2D eigenvalue weighted by molar-refractivity contribution is 5.69. The number of carboxylic acid groups (broad SMARTS) is 1. The van der Waals surface area contributed by atoms with Gasteiger partial charge in [0.05, 0.1) is 11.8 Å². The molecule has 0 atom stereocenters. The molecule has 0 spiro atoms. The van der Waals surface area contributed by atoms with Crippen molar-refractivity contribution in [1.82, 2.24) is 4.98 Å². The lowest BCUT2D eigenvalue weighted by Crippen LogP contribution is -1.97. The molecular weight excluding hydrogens is 213 g/mol. The fourth-order valence-corrected chi connectivity index (χ4v) is 1.30. The predicted molar refractivity (Wildman–Crippen MR) is 53.2 cm³/mol. The van der Waals surface area contributed by atoms with Crippen LogP contribution in [0.5, 0.6) is 0 Å². The summed E-state index contributed by atoms with van der Waals surface area (Å²) in [6, 6.07) is 6.02. The van der Waals surface area contributed by atoms with Gasteiger partial charge in [-0.1, -0.05) is 12.1 Å². The second kappa shape index (κ2) is 4.14. The molecule has 0 aliphatic heterocycles. The van der Waals surface area contributed by atoms with Crippen LogP contribution < -0.4 is 0 Å². The second-order valence-electron chi connectivity index (χ2n) is 3.18. The van der Waals surface area contributed by atoms with Crippen molar-refractivity contribution in [2.75, 3.05) is 0 Å². The number of aromatic nitrogens is 1. The van der Waals surface area contributed by atoms with Crippen molar-refractivity contribution in [3.63, 3.8) is 0 Å². The average molecular weight is 221 g/mol. The van der Waals surface area contributed by atoms with E-state index in [1.54, 1.807) is 12.1 Å². The fourth-order valence-electron chi connectivity index (χ4n) is 1.30. The molecule has 0 bridgehead atoms. The summed E-state index contributed by atoms with van der Waals surface area (Å²) in [7, 11) is 0. The van der Waals surface area contributed by atoms with Gasteiger partial charge in [-0.3, -0.25) is 4.79 Å². The minimum atomic E-state index is -1.02. The van der Waals surface area contributed by atoms with E-state index in [4.69, 9.17) is 9.52 Å². The first kappa shape index (κ1) is 10.4. The maximum atomic E-state index is 13.3. The highest BCUT2D eigenvalue weighted by Gasteiger charge is 2.12. The van der Waals surface area contributed by atoms with Gasteiger partial charge in [-0.15, -0.1) is 0 Å². The Hall–Kier alpha value is -2.17. The first-order chi connectivity index (χ1) is 7.66. The Labute approximate surface area is 90.4 Å². The highest BCUT2D eigenvalue weighted by Crippen LogP contribution is 2.22. The number of benzene rings is 1. The summed E-state index contributed by atoms with van der Waals surface area (Å²) in [5, 5.41) is 8.54. The Morgan fingerprint density at radius 3 is 2.88 bits per heavy atom. The van der Waals surface area contributed by atoms with Crippen molar-refractivity contribution >= 4 is 5.97 Å². The molecule has 2 aromatic rings. The number of carbonyl (C=O) groups is 1. The molecule has 0 fully saturated rings. The van der Waals surface area contributed by atoms with Crippen LogP contribution in [0.15, 0.2) is 34.9 Å². The third-order valence-electron chi connectivity index (χ3n) is 1.98. The molecule has 0 aliphatic carbocycles. The molecule has 0 unspecified atom stereocenters. The molecule has 16 heavy (non-hydrogen) atoms. The standard InChI is InChI=1S/C11H8FNO3/c12-9-4-2-1-3-8(9)11-13-6-7(16-11)5-10(14)15/h1-4,6H,5H2,(H,14,15). The van der Waals surface area contributed by atoms with Gasteiger partial charge >= 0.3 is 5.97 Å². The van der Waals surface area contributed by atoms with Crippen molar-refractivity contribution < 1.29 is 18.7 Å². The van der Waals surface area contributed by atoms with Crippen LogP contribution in [0.2, 0.25) is 0 Å². The SMILES string of the molecule is O=C(O)Cc1cnc(-c2ccccc2F)o1. The summed E-state index contributed by atoms with van der Waals surface area (Å²) in [5.41, 5.74) is 0.221. The Morgan fingerprint density at radius 2 is 2.19 bits per heavy atom. The van der Waals surface area contributed by atoms with E-state index in [2.05, 4.69) is 4.98 Å². The number of hydrogen-bond acceptors (Lipinski definition) is 3. The van der Waals surface area contributed by atoms with Gasteiger partial charge in [0.15, 0.2) is 0 Å². The van der Waals surface area contributed by atoms with Gasteiger partial charge in [-0.2, -0.15) is 0 Å². The molecule has 4 nitrogen and oxygen atoms in total. The maximum Gasteiger partial charge on any atom is 0.311 e. The largest absolute Gasteiger partial charge is 0.481 e. The van der Waals surface area contributed by atoms with E-state index < -0.39 is 11.8 Å². The molecule has 0 saturated heterocycles. The van der Waals surface area contributed by atoms with Crippen LogP contribution in [0.4, 0.5) is 4.39 Å². The van der Waals surface area contributed by atoms with Gasteiger partial charge < -0.3 is 9.52 Å². The molecule has 82 valence electrons. The topological polar surface area (TPSA) is 63.3 Å². The fraction of sp³-hybridized carbons (Fsp3) is 0.0909. The van der Waals surface area contributed by atoms with E-state index in [1.165, 1.54) is 18.3 Å². The molecule has 1 N–H and O–H groups in total. The zero-order valence-electron chi connectivity index (χ0n) is 8.18. The van der Waals surface area contributed by atoms with Gasteiger partial charge in [0.25, 0.3) is 0 Å². The molecule has 5 heteroatoms. The lowest BCUT2D eigenvalue weighted by Gasteiger charge is -1.96. The van der Waals surface area contributed by atoms with E-state index in [0.29, 0.717) is 0 Å². The number of aliphatic carboxylic acids is 1. The predicted octanol–water partition coefficient (Wildman–Crippen LogP) is 2.11. The number of rotatable bonds is 3. The van der Waals surface area contributed by atoms with E-state index in [9.17, 15) is 9.18 Å². The Morgan fingerprint density at radius 1 is 1.44 bits per heavy atom. The summed E-state index contributed by atoms with van der Waals surface area (Å²) in [6.45, 7) is 0. The van der Waals surface area contributed by atoms with Gasteiger partial charge in [0, 0.05) is 0 Å². The Bertz CT molecular complexity index is 521. The van der Waals surface area contributed by atoms with Crippen molar-refractivity contribution in [2.24, 2.45) is 0 Å². The van der Waals surface area contributed by atoms with Crippen molar-refractivity contribution in [3.05, 3.63) is 42.0 Å². The van der Waals surface area contributed by atoms with E-state index in [0.717, 1.165) is 0 Å². The van der Waals surface area contributed by atoms with Crippen LogP contribution in [0, 0.1) is 5.82 Å². The van der Waals surface area contributed by atoms with Crippen molar-refractivity contribution in [3.8, 4) is 11.5 Å². The zero-order valence-corrected chi connectivity index (χ0v) is 8.18. The normalized spacial score (nSPS) is 10.3. The summed E-state index contributed by atoms with van der Waals surface area (Å²) < 4.78 is 18.5. The quantitative estimate of drug-likeness (QED) is 0.862. The molecule has 1 aromatic carbocycles. The molecule has 1 heterocycles. The first-order valence-corrected chi connectivity index (χ1v) is 4.58. The van der Waals surface area contributed by atoms with Crippen LogP contribution in [-0.2, 0) is 11.2 Å². The summed E-state index contributed by atoms with van der Waals surface area (Å²) in [6.07, 6.45) is 1.03. The third-order valence-corrected chi connectivity index (χ3v) is 1.98. The first-order valence-electron chi connectivity index (χ1n) is 4.58. The van der Waals surface area contributed by atoms with E-state index >= 15 is 0 Å². The Kier molecular flexibility index (Phi) is 2.68. The molecule has 0 saturated carbocycles. The van der Waals surface area contributed by atoms with Gasteiger partial charge in [-0.05, 0) is 12.1 Å². The highest BCUT2D eigenvalue weighted by atomic mass is 19.1. The molecule has 0 amide bonds. The van der Waals surface area contributed by atoms with Crippen LogP contribution in [0.3, 0.4) is 0 Å². The van der Waals surface area contributed by atoms with Gasteiger partial charge in [0.2, 0.25) is 5.89 Å².